The fourth-order valence-corrected chi connectivity index (χ4v) is 4.82. The zero-order valence-electron chi connectivity index (χ0n) is 10.8. The Morgan fingerprint density at radius 3 is 2.47 bits per heavy atom. The third-order valence-corrected chi connectivity index (χ3v) is 5.83. The van der Waals surface area contributed by atoms with Crippen molar-refractivity contribution < 1.29 is 9.47 Å². The lowest BCUT2D eigenvalue weighted by Gasteiger charge is -2.51. The molecule has 96 valence electrons. The summed E-state index contributed by atoms with van der Waals surface area (Å²) in [6, 6.07) is 0. The molecule has 0 aromatic carbocycles. The van der Waals surface area contributed by atoms with Crippen molar-refractivity contribution in [2.75, 3.05) is 0 Å². The molecule has 5 aliphatic rings. The van der Waals surface area contributed by atoms with Crippen molar-refractivity contribution in [1.82, 2.24) is 0 Å². The van der Waals surface area contributed by atoms with Gasteiger partial charge in [0.25, 0.3) is 0 Å². The van der Waals surface area contributed by atoms with Crippen LogP contribution in [0.15, 0.2) is 0 Å². The maximum absolute atomic E-state index is 5.97. The Kier molecular flexibility index (Phi) is 2.52. The molecule has 2 bridgehead atoms. The van der Waals surface area contributed by atoms with Crippen LogP contribution in [0.4, 0.5) is 0 Å². The van der Waals surface area contributed by atoms with E-state index in [-0.39, 0.29) is 0 Å². The molecule has 7 unspecified atom stereocenters. The smallest absolute Gasteiger partial charge is 0.0844 e. The van der Waals surface area contributed by atoms with Crippen LogP contribution in [0.3, 0.4) is 0 Å². The maximum atomic E-state index is 5.97. The van der Waals surface area contributed by atoms with E-state index >= 15 is 0 Å². The second-order valence-electron chi connectivity index (χ2n) is 6.63. The standard InChI is InChI=1S/C15H24O2/c1-2-11(9-3-6-13-15(7-9)17-13)12-5-4-10-8-14(12)16-10/h9-15H,2-8H2,1H3. The average Bonchev–Trinajstić information content (AvgIpc) is 3.07. The third kappa shape index (κ3) is 1.76. The first kappa shape index (κ1) is 10.8. The number of rotatable bonds is 3. The lowest BCUT2D eigenvalue weighted by atomic mass is 9.65. The zero-order valence-corrected chi connectivity index (χ0v) is 10.8. The summed E-state index contributed by atoms with van der Waals surface area (Å²) in [6.07, 6.45) is 12.1. The first-order valence-electron chi connectivity index (χ1n) is 7.66. The van der Waals surface area contributed by atoms with Gasteiger partial charge in [-0.3, -0.25) is 0 Å². The molecule has 0 radical (unpaired) electrons. The van der Waals surface area contributed by atoms with Crippen LogP contribution in [-0.4, -0.2) is 24.4 Å². The molecule has 7 atom stereocenters. The second-order valence-corrected chi connectivity index (χ2v) is 6.63. The quantitative estimate of drug-likeness (QED) is 0.702. The normalized spacial score (nSPS) is 53.5. The van der Waals surface area contributed by atoms with Gasteiger partial charge in [0.2, 0.25) is 0 Å². The highest BCUT2D eigenvalue weighted by atomic mass is 16.6. The highest BCUT2D eigenvalue weighted by Gasteiger charge is 2.50. The SMILES string of the molecule is CCC(C1CCC2OC2C1)C1CCC2CC1O2. The third-order valence-electron chi connectivity index (χ3n) is 5.83. The summed E-state index contributed by atoms with van der Waals surface area (Å²) in [5.41, 5.74) is 0. The number of hydrogen-bond acceptors (Lipinski definition) is 2. The van der Waals surface area contributed by atoms with Crippen LogP contribution in [0.2, 0.25) is 0 Å². The molecule has 0 N–H and O–H groups in total. The molecule has 3 saturated heterocycles. The van der Waals surface area contributed by atoms with Crippen molar-refractivity contribution in [1.29, 1.82) is 0 Å². The first-order valence-corrected chi connectivity index (χ1v) is 7.66. The fourth-order valence-electron chi connectivity index (χ4n) is 4.82. The molecule has 5 rings (SSSR count). The molecule has 0 spiro atoms. The predicted molar refractivity (Wildman–Crippen MR) is 65.8 cm³/mol. The molecular formula is C15H24O2. The van der Waals surface area contributed by atoms with Crippen LogP contribution in [0, 0.1) is 17.8 Å². The summed E-state index contributed by atoms with van der Waals surface area (Å²) < 4.78 is 11.7. The predicted octanol–water partition coefficient (Wildman–Crippen LogP) is 3.15. The molecule has 3 heterocycles. The summed E-state index contributed by atoms with van der Waals surface area (Å²) in [6.45, 7) is 2.38. The van der Waals surface area contributed by atoms with E-state index in [0.29, 0.717) is 24.4 Å². The van der Waals surface area contributed by atoms with Crippen LogP contribution < -0.4 is 0 Å². The maximum Gasteiger partial charge on any atom is 0.0844 e. The van der Waals surface area contributed by atoms with Crippen LogP contribution in [0.1, 0.15) is 51.9 Å². The van der Waals surface area contributed by atoms with E-state index in [9.17, 15) is 0 Å². The molecule has 2 heteroatoms. The molecule has 0 aromatic heterocycles. The Hall–Kier alpha value is -0.0800. The molecule has 2 nitrogen and oxygen atoms in total. The molecular weight excluding hydrogens is 212 g/mol. The Bertz CT molecular complexity index is 295. The van der Waals surface area contributed by atoms with E-state index in [0.717, 1.165) is 17.8 Å². The fraction of sp³-hybridized carbons (Fsp3) is 1.00. The number of epoxide rings is 1. The molecule has 0 amide bonds. The minimum absolute atomic E-state index is 0.622. The van der Waals surface area contributed by atoms with Gasteiger partial charge < -0.3 is 9.47 Å². The highest BCUT2D eigenvalue weighted by Crippen LogP contribution is 2.50. The largest absolute Gasteiger partial charge is 0.374 e. The summed E-state index contributed by atoms with van der Waals surface area (Å²) in [5, 5.41) is 0. The molecule has 2 aliphatic carbocycles. The average molecular weight is 236 g/mol. The Balaban J connectivity index is 1.45. The molecule has 3 aliphatic heterocycles. The Morgan fingerprint density at radius 1 is 0.941 bits per heavy atom. The first-order chi connectivity index (χ1) is 8.35. The van der Waals surface area contributed by atoms with Crippen molar-refractivity contribution in [2.45, 2.75) is 76.3 Å². The van der Waals surface area contributed by atoms with E-state index in [4.69, 9.17) is 9.47 Å². The van der Waals surface area contributed by atoms with E-state index in [2.05, 4.69) is 6.92 Å². The van der Waals surface area contributed by atoms with Gasteiger partial charge in [-0.05, 0) is 49.9 Å². The van der Waals surface area contributed by atoms with E-state index in [1.165, 1.54) is 44.9 Å². The Morgan fingerprint density at radius 2 is 1.82 bits per heavy atom. The van der Waals surface area contributed by atoms with Gasteiger partial charge >= 0.3 is 0 Å². The highest BCUT2D eigenvalue weighted by molar-refractivity contribution is 4.98. The molecule has 5 fully saturated rings. The number of hydrogen-bond donors (Lipinski definition) is 0. The van der Waals surface area contributed by atoms with Crippen LogP contribution in [-0.2, 0) is 9.47 Å². The van der Waals surface area contributed by atoms with Crippen molar-refractivity contribution in [2.24, 2.45) is 17.8 Å². The second kappa shape index (κ2) is 3.96. The van der Waals surface area contributed by atoms with Gasteiger partial charge in [-0.15, -0.1) is 0 Å². The van der Waals surface area contributed by atoms with Crippen molar-refractivity contribution >= 4 is 0 Å². The number of fused-ring (bicyclic) bond motifs is 3. The summed E-state index contributed by atoms with van der Waals surface area (Å²) >= 11 is 0. The number of ether oxygens (including phenoxy) is 2. The van der Waals surface area contributed by atoms with Crippen LogP contribution in [0.5, 0.6) is 0 Å². The van der Waals surface area contributed by atoms with Gasteiger partial charge in [0.1, 0.15) is 0 Å². The molecule has 0 aromatic rings. The molecule has 17 heavy (non-hydrogen) atoms. The monoisotopic (exact) mass is 236 g/mol. The van der Waals surface area contributed by atoms with Gasteiger partial charge in [0, 0.05) is 6.42 Å². The minimum atomic E-state index is 0.622. The van der Waals surface area contributed by atoms with Gasteiger partial charge in [0.05, 0.1) is 24.4 Å². The molecule has 2 saturated carbocycles. The van der Waals surface area contributed by atoms with E-state index < -0.39 is 0 Å². The minimum Gasteiger partial charge on any atom is -0.374 e. The van der Waals surface area contributed by atoms with Gasteiger partial charge in [-0.2, -0.15) is 0 Å². The topological polar surface area (TPSA) is 21.8 Å². The zero-order chi connectivity index (χ0) is 11.4. The lowest BCUT2D eigenvalue weighted by molar-refractivity contribution is -0.200. The summed E-state index contributed by atoms with van der Waals surface area (Å²) in [5.74, 6) is 2.70. The van der Waals surface area contributed by atoms with Crippen molar-refractivity contribution in [3.63, 3.8) is 0 Å². The van der Waals surface area contributed by atoms with Crippen LogP contribution >= 0.6 is 0 Å². The Labute approximate surface area is 104 Å². The van der Waals surface area contributed by atoms with Crippen LogP contribution in [0.25, 0.3) is 0 Å². The van der Waals surface area contributed by atoms with E-state index in [1.54, 1.807) is 0 Å². The van der Waals surface area contributed by atoms with Gasteiger partial charge in [-0.1, -0.05) is 13.3 Å². The van der Waals surface area contributed by atoms with Gasteiger partial charge in [0.15, 0.2) is 0 Å². The van der Waals surface area contributed by atoms with Gasteiger partial charge in [-0.25, -0.2) is 0 Å². The summed E-state index contributed by atoms with van der Waals surface area (Å²) in [7, 11) is 0. The van der Waals surface area contributed by atoms with Crippen molar-refractivity contribution in [3.8, 4) is 0 Å². The summed E-state index contributed by atoms with van der Waals surface area (Å²) in [4.78, 5) is 0. The van der Waals surface area contributed by atoms with Crippen molar-refractivity contribution in [3.05, 3.63) is 0 Å². The van der Waals surface area contributed by atoms with E-state index in [1.807, 2.05) is 0 Å². The lowest BCUT2D eigenvalue weighted by Crippen LogP contribution is -2.51.